The molecule has 5 nitrogen and oxygen atoms in total. The van der Waals surface area contributed by atoms with Gasteiger partial charge in [0.1, 0.15) is 0 Å². The van der Waals surface area contributed by atoms with Crippen LogP contribution in [-0.2, 0) is 6.54 Å². The van der Waals surface area contributed by atoms with E-state index < -0.39 is 0 Å². The van der Waals surface area contributed by atoms with Crippen LogP contribution in [0.2, 0.25) is 0 Å². The maximum Gasteiger partial charge on any atom is 0.258 e. The molecule has 2 N–H and O–H groups in total. The Balaban J connectivity index is 2.00. The Labute approximate surface area is 124 Å². The van der Waals surface area contributed by atoms with Crippen molar-refractivity contribution in [2.75, 3.05) is 0 Å². The highest BCUT2D eigenvalue weighted by molar-refractivity contribution is 9.10. The molecule has 0 unspecified atom stereocenters. The molecule has 0 aliphatic carbocycles. The van der Waals surface area contributed by atoms with Gasteiger partial charge in [-0.2, -0.15) is 4.98 Å². The molecule has 0 aliphatic rings. The van der Waals surface area contributed by atoms with Gasteiger partial charge in [-0.3, -0.25) is 4.98 Å². The van der Waals surface area contributed by atoms with Crippen LogP contribution in [0.4, 0.5) is 0 Å². The maximum atomic E-state index is 5.58. The summed E-state index contributed by atoms with van der Waals surface area (Å²) in [5.41, 5.74) is 8.05. The molecule has 3 aromatic rings. The third-order valence-electron chi connectivity index (χ3n) is 2.81. The molecule has 0 aliphatic heterocycles. The smallest absolute Gasteiger partial charge is 0.258 e. The third-order valence-corrected chi connectivity index (χ3v) is 3.50. The molecule has 0 fully saturated rings. The number of hydrogen-bond acceptors (Lipinski definition) is 5. The van der Waals surface area contributed by atoms with Gasteiger partial charge >= 0.3 is 0 Å². The fourth-order valence-electron chi connectivity index (χ4n) is 1.82. The van der Waals surface area contributed by atoms with Gasteiger partial charge in [0.25, 0.3) is 5.89 Å². The van der Waals surface area contributed by atoms with Gasteiger partial charge in [-0.25, -0.2) is 0 Å². The predicted molar refractivity (Wildman–Crippen MR) is 78.6 cm³/mol. The number of benzene rings is 1. The molecule has 0 radical (unpaired) electrons. The van der Waals surface area contributed by atoms with E-state index >= 15 is 0 Å². The summed E-state index contributed by atoms with van der Waals surface area (Å²) in [5, 5.41) is 4.01. The van der Waals surface area contributed by atoms with E-state index in [1.54, 1.807) is 6.20 Å². The van der Waals surface area contributed by atoms with Crippen molar-refractivity contribution in [2.24, 2.45) is 5.73 Å². The van der Waals surface area contributed by atoms with Crippen LogP contribution in [0, 0.1) is 0 Å². The van der Waals surface area contributed by atoms with Gasteiger partial charge in [0.2, 0.25) is 5.82 Å². The third kappa shape index (κ3) is 2.48. The molecular weight excluding hydrogens is 320 g/mol. The largest absolute Gasteiger partial charge is 0.334 e. The zero-order valence-electron chi connectivity index (χ0n) is 10.5. The second-order valence-electron chi connectivity index (χ2n) is 4.14. The van der Waals surface area contributed by atoms with Gasteiger partial charge in [-0.1, -0.05) is 33.2 Å². The topological polar surface area (TPSA) is 77.8 Å². The first-order chi connectivity index (χ1) is 9.78. The molecular formula is C14H11BrN4O. The van der Waals surface area contributed by atoms with Crippen molar-refractivity contribution >= 4 is 15.9 Å². The lowest BCUT2D eigenvalue weighted by Gasteiger charge is -1.98. The molecule has 3 rings (SSSR count). The SMILES string of the molecule is NCc1cc(-c2nc(-c3ccccc3Br)no2)ccn1. The summed E-state index contributed by atoms with van der Waals surface area (Å²) in [4.78, 5) is 8.55. The number of halogens is 1. The molecule has 6 heteroatoms. The summed E-state index contributed by atoms with van der Waals surface area (Å²) in [6.07, 6.45) is 1.68. The molecule has 2 heterocycles. The molecule has 1 aromatic carbocycles. The monoisotopic (exact) mass is 330 g/mol. The highest BCUT2D eigenvalue weighted by Crippen LogP contribution is 2.27. The van der Waals surface area contributed by atoms with Gasteiger partial charge in [0, 0.05) is 28.3 Å². The summed E-state index contributed by atoms with van der Waals surface area (Å²) in [7, 11) is 0. The van der Waals surface area contributed by atoms with E-state index in [2.05, 4.69) is 31.1 Å². The number of nitrogens with zero attached hydrogens (tertiary/aromatic N) is 3. The van der Waals surface area contributed by atoms with Crippen molar-refractivity contribution in [1.82, 2.24) is 15.1 Å². The highest BCUT2D eigenvalue weighted by Gasteiger charge is 2.12. The van der Waals surface area contributed by atoms with Crippen LogP contribution in [-0.4, -0.2) is 15.1 Å². The Morgan fingerprint density at radius 3 is 2.85 bits per heavy atom. The lowest BCUT2D eigenvalue weighted by atomic mass is 10.2. The van der Waals surface area contributed by atoms with Gasteiger partial charge in [0.15, 0.2) is 0 Å². The molecule has 0 saturated heterocycles. The second kappa shape index (κ2) is 5.52. The van der Waals surface area contributed by atoms with E-state index in [4.69, 9.17) is 10.3 Å². The van der Waals surface area contributed by atoms with Gasteiger partial charge in [-0.15, -0.1) is 0 Å². The van der Waals surface area contributed by atoms with Crippen LogP contribution in [0.25, 0.3) is 22.8 Å². The minimum atomic E-state index is 0.374. The van der Waals surface area contributed by atoms with E-state index in [1.807, 2.05) is 36.4 Å². The van der Waals surface area contributed by atoms with Crippen molar-refractivity contribution < 1.29 is 4.52 Å². The normalized spacial score (nSPS) is 10.7. The van der Waals surface area contributed by atoms with Crippen molar-refractivity contribution in [3.63, 3.8) is 0 Å². The van der Waals surface area contributed by atoms with Crippen molar-refractivity contribution in [1.29, 1.82) is 0 Å². The van der Waals surface area contributed by atoms with E-state index in [1.165, 1.54) is 0 Å². The van der Waals surface area contributed by atoms with Crippen molar-refractivity contribution in [2.45, 2.75) is 6.54 Å². The molecule has 0 spiro atoms. The fraction of sp³-hybridized carbons (Fsp3) is 0.0714. The average Bonchev–Trinajstić information content (AvgIpc) is 2.97. The lowest BCUT2D eigenvalue weighted by molar-refractivity contribution is 0.432. The zero-order valence-corrected chi connectivity index (χ0v) is 12.0. The second-order valence-corrected chi connectivity index (χ2v) is 5.00. The first-order valence-corrected chi connectivity index (χ1v) is 6.81. The number of hydrogen-bond donors (Lipinski definition) is 1. The summed E-state index contributed by atoms with van der Waals surface area (Å²) < 4.78 is 6.23. The Bertz CT molecular complexity index is 741. The number of aromatic nitrogens is 3. The first kappa shape index (κ1) is 13.0. The summed E-state index contributed by atoms with van der Waals surface area (Å²) in [6, 6.07) is 11.4. The molecule has 2 aromatic heterocycles. The predicted octanol–water partition coefficient (Wildman–Crippen LogP) is 3.02. The van der Waals surface area contributed by atoms with Crippen LogP contribution >= 0.6 is 15.9 Å². The molecule has 0 amide bonds. The first-order valence-electron chi connectivity index (χ1n) is 6.02. The summed E-state index contributed by atoms with van der Waals surface area (Å²) in [5.74, 6) is 0.992. The van der Waals surface area contributed by atoms with E-state index in [0.717, 1.165) is 21.3 Å². The number of rotatable bonds is 3. The van der Waals surface area contributed by atoms with Crippen LogP contribution < -0.4 is 5.73 Å². The van der Waals surface area contributed by atoms with Gasteiger partial charge in [0.05, 0.1) is 5.69 Å². The Morgan fingerprint density at radius 2 is 2.05 bits per heavy atom. The highest BCUT2D eigenvalue weighted by atomic mass is 79.9. The standard InChI is InChI=1S/C14H11BrN4O/c15-12-4-2-1-3-11(12)13-18-14(20-19-13)9-5-6-17-10(7-9)8-16/h1-7H,8,16H2. The molecule has 20 heavy (non-hydrogen) atoms. The van der Waals surface area contributed by atoms with E-state index in [9.17, 15) is 0 Å². The number of pyridine rings is 1. The van der Waals surface area contributed by atoms with E-state index in [-0.39, 0.29) is 0 Å². The van der Waals surface area contributed by atoms with Crippen LogP contribution in [0.5, 0.6) is 0 Å². The van der Waals surface area contributed by atoms with Gasteiger partial charge < -0.3 is 10.3 Å². The fourth-order valence-corrected chi connectivity index (χ4v) is 2.28. The minimum absolute atomic E-state index is 0.374. The van der Waals surface area contributed by atoms with Crippen molar-refractivity contribution in [3.8, 4) is 22.8 Å². The Kier molecular flexibility index (Phi) is 3.58. The maximum absolute atomic E-state index is 5.58. The average molecular weight is 331 g/mol. The summed E-state index contributed by atoms with van der Waals surface area (Å²) >= 11 is 3.47. The van der Waals surface area contributed by atoms with Crippen LogP contribution in [0.1, 0.15) is 5.69 Å². The Morgan fingerprint density at radius 1 is 1.20 bits per heavy atom. The Hall–Kier alpha value is -2.05. The van der Waals surface area contributed by atoms with Gasteiger partial charge in [-0.05, 0) is 24.3 Å². The molecule has 100 valence electrons. The van der Waals surface area contributed by atoms with Crippen molar-refractivity contribution in [3.05, 3.63) is 52.8 Å². The van der Waals surface area contributed by atoms with Crippen LogP contribution in [0.3, 0.4) is 0 Å². The van der Waals surface area contributed by atoms with E-state index in [0.29, 0.717) is 18.3 Å². The number of nitrogens with two attached hydrogens (primary N) is 1. The quantitative estimate of drug-likeness (QED) is 0.798. The molecule has 0 atom stereocenters. The minimum Gasteiger partial charge on any atom is -0.334 e. The zero-order chi connectivity index (χ0) is 13.9. The molecule has 0 saturated carbocycles. The molecule has 0 bridgehead atoms. The van der Waals surface area contributed by atoms with Crippen LogP contribution in [0.15, 0.2) is 51.6 Å². The lowest BCUT2D eigenvalue weighted by Crippen LogP contribution is -1.98. The summed E-state index contributed by atoms with van der Waals surface area (Å²) in [6.45, 7) is 0.374.